The maximum absolute atomic E-state index is 11.3. The van der Waals surface area contributed by atoms with Gasteiger partial charge in [0.05, 0.1) is 11.5 Å². The van der Waals surface area contributed by atoms with Crippen LogP contribution in [0.15, 0.2) is 24.3 Å². The number of nitrogens with one attached hydrogen (secondary N) is 1. The molecule has 1 heterocycles. The predicted molar refractivity (Wildman–Crippen MR) is 98.4 cm³/mol. The van der Waals surface area contributed by atoms with Gasteiger partial charge in [-0.3, -0.25) is 19.8 Å². The van der Waals surface area contributed by atoms with Crippen LogP contribution in [0.25, 0.3) is 10.9 Å². The van der Waals surface area contributed by atoms with Crippen LogP contribution in [-0.2, 0) is 4.79 Å². The molecule has 2 N–H and O–H groups in total. The van der Waals surface area contributed by atoms with Crippen LogP contribution in [0.3, 0.4) is 0 Å². The fourth-order valence-electron chi connectivity index (χ4n) is 3.52. The Hall–Kier alpha value is -2.74. The van der Waals surface area contributed by atoms with Crippen LogP contribution >= 0.6 is 0 Å². The summed E-state index contributed by atoms with van der Waals surface area (Å²) in [5.41, 5.74) is 1.93. The second-order valence-electron chi connectivity index (χ2n) is 6.66. The van der Waals surface area contributed by atoms with Gasteiger partial charge in [0.2, 0.25) is 0 Å². The van der Waals surface area contributed by atoms with Gasteiger partial charge in [-0.05, 0) is 32.4 Å². The van der Waals surface area contributed by atoms with Crippen molar-refractivity contribution in [3.8, 4) is 0 Å². The molecule has 1 aliphatic carbocycles. The average molecular weight is 358 g/mol. The van der Waals surface area contributed by atoms with Crippen molar-refractivity contribution < 1.29 is 14.8 Å². The van der Waals surface area contributed by atoms with Crippen molar-refractivity contribution in [3.05, 3.63) is 40.1 Å². The molecule has 3 rings (SSSR count). The van der Waals surface area contributed by atoms with Crippen LogP contribution in [0.1, 0.15) is 25.5 Å². The number of aromatic nitrogens is 1. The number of fused-ring (bicyclic) bond motifs is 1. The third-order valence-corrected chi connectivity index (χ3v) is 4.88. The van der Waals surface area contributed by atoms with Crippen molar-refractivity contribution in [2.45, 2.75) is 38.8 Å². The molecule has 138 valence electrons. The van der Waals surface area contributed by atoms with Gasteiger partial charge >= 0.3 is 5.97 Å². The highest BCUT2D eigenvalue weighted by Gasteiger charge is 2.34. The molecule has 0 amide bonds. The molecule has 1 fully saturated rings. The van der Waals surface area contributed by atoms with Crippen LogP contribution in [0.4, 0.5) is 11.4 Å². The minimum atomic E-state index is -0.814. The number of non-ortho nitro benzene ring substituents is 1. The minimum absolute atomic E-state index is 0.000600. The number of carboxylic acid groups (broad SMARTS) is 1. The van der Waals surface area contributed by atoms with E-state index in [0.717, 1.165) is 23.9 Å². The Balaban J connectivity index is 1.78. The van der Waals surface area contributed by atoms with E-state index in [1.807, 2.05) is 30.9 Å². The second kappa shape index (κ2) is 7.25. The van der Waals surface area contributed by atoms with Crippen molar-refractivity contribution >= 4 is 28.2 Å². The summed E-state index contributed by atoms with van der Waals surface area (Å²) < 4.78 is 0. The summed E-state index contributed by atoms with van der Waals surface area (Å²) in [6.45, 7) is 4.53. The molecule has 1 aromatic heterocycles. The van der Waals surface area contributed by atoms with Crippen molar-refractivity contribution in [1.29, 1.82) is 0 Å². The van der Waals surface area contributed by atoms with E-state index in [9.17, 15) is 14.9 Å². The number of nitrogens with zero attached hydrogens (tertiary/aromatic N) is 3. The van der Waals surface area contributed by atoms with Crippen LogP contribution in [0.2, 0.25) is 0 Å². The number of nitro benzene ring substituents is 1. The molecule has 1 aliphatic rings. The number of carbonyl (C=O) groups is 1. The first kappa shape index (κ1) is 18.1. The van der Waals surface area contributed by atoms with Crippen LogP contribution < -0.4 is 5.32 Å². The van der Waals surface area contributed by atoms with E-state index in [1.165, 1.54) is 6.07 Å². The van der Waals surface area contributed by atoms with Crippen molar-refractivity contribution in [3.63, 3.8) is 0 Å². The zero-order valence-corrected chi connectivity index (χ0v) is 14.8. The maximum atomic E-state index is 11.3. The summed E-state index contributed by atoms with van der Waals surface area (Å²) in [5.74, 6) is -0.814. The number of likely N-dealkylation sites (N-methyl/N-ethyl adjacent to an activating group) is 1. The normalized spacial score (nSPS) is 19.3. The number of aliphatic carboxylic acids is 1. The summed E-state index contributed by atoms with van der Waals surface area (Å²) in [7, 11) is 0. The molecule has 8 nitrogen and oxygen atoms in total. The smallest absolute Gasteiger partial charge is 0.317 e. The van der Waals surface area contributed by atoms with Crippen LogP contribution in [-0.4, -0.2) is 51.1 Å². The van der Waals surface area contributed by atoms with Gasteiger partial charge < -0.3 is 10.4 Å². The second-order valence-corrected chi connectivity index (χ2v) is 6.66. The zero-order valence-electron chi connectivity index (χ0n) is 14.8. The molecule has 0 bridgehead atoms. The highest BCUT2D eigenvalue weighted by molar-refractivity contribution is 5.96. The van der Waals surface area contributed by atoms with Gasteiger partial charge in [0.25, 0.3) is 5.69 Å². The van der Waals surface area contributed by atoms with Crippen molar-refractivity contribution in [2.75, 3.05) is 18.4 Å². The number of hydrogen-bond donors (Lipinski definition) is 2. The number of hydrogen-bond acceptors (Lipinski definition) is 6. The number of aryl methyl sites for hydroxylation is 1. The predicted octanol–water partition coefficient (Wildman–Crippen LogP) is 2.80. The lowest BCUT2D eigenvalue weighted by Gasteiger charge is -2.42. The molecule has 1 aromatic carbocycles. The summed E-state index contributed by atoms with van der Waals surface area (Å²) >= 11 is 0. The topological polar surface area (TPSA) is 109 Å². The van der Waals surface area contributed by atoms with E-state index in [0.29, 0.717) is 17.8 Å². The first-order chi connectivity index (χ1) is 12.4. The van der Waals surface area contributed by atoms with E-state index in [-0.39, 0.29) is 24.3 Å². The van der Waals surface area contributed by atoms with Crippen molar-refractivity contribution in [2.24, 2.45) is 0 Å². The summed E-state index contributed by atoms with van der Waals surface area (Å²) in [6, 6.07) is 7.31. The molecule has 26 heavy (non-hydrogen) atoms. The number of carboxylic acids is 1. The molecule has 0 saturated heterocycles. The van der Waals surface area contributed by atoms with E-state index < -0.39 is 10.9 Å². The number of para-hydroxylation sites is 1. The zero-order chi connectivity index (χ0) is 18.8. The average Bonchev–Trinajstić information content (AvgIpc) is 2.54. The Kier molecular flexibility index (Phi) is 5.03. The third-order valence-electron chi connectivity index (χ3n) is 4.88. The lowest BCUT2D eigenvalue weighted by molar-refractivity contribution is -0.383. The van der Waals surface area contributed by atoms with Gasteiger partial charge in [0, 0.05) is 34.9 Å². The Morgan fingerprint density at radius 3 is 2.81 bits per heavy atom. The SMILES string of the molecule is CCN(CC(=O)O)C1CC(Nc2cc(C)nc3c([N+](=O)[O-])cccc23)C1. The number of benzene rings is 1. The molecule has 0 unspecified atom stereocenters. The molecule has 0 atom stereocenters. The summed E-state index contributed by atoms with van der Waals surface area (Å²) in [5, 5.41) is 24.4. The van der Waals surface area contributed by atoms with Gasteiger partial charge in [0.1, 0.15) is 0 Å². The van der Waals surface area contributed by atoms with E-state index in [2.05, 4.69) is 10.3 Å². The van der Waals surface area contributed by atoms with Crippen molar-refractivity contribution in [1.82, 2.24) is 9.88 Å². The highest BCUT2D eigenvalue weighted by atomic mass is 16.6. The van der Waals surface area contributed by atoms with E-state index in [1.54, 1.807) is 6.07 Å². The van der Waals surface area contributed by atoms with Gasteiger partial charge in [0.15, 0.2) is 5.52 Å². The Morgan fingerprint density at radius 1 is 1.46 bits per heavy atom. The van der Waals surface area contributed by atoms with E-state index >= 15 is 0 Å². The lowest BCUT2D eigenvalue weighted by atomic mass is 9.85. The number of nitro groups is 1. The monoisotopic (exact) mass is 358 g/mol. The number of anilines is 1. The van der Waals surface area contributed by atoms with Crippen LogP contribution in [0, 0.1) is 17.0 Å². The molecule has 0 spiro atoms. The van der Waals surface area contributed by atoms with E-state index in [4.69, 9.17) is 5.11 Å². The first-order valence-corrected chi connectivity index (χ1v) is 8.66. The van der Waals surface area contributed by atoms with Gasteiger partial charge in [-0.2, -0.15) is 0 Å². The Labute approximate surface area is 151 Å². The fraction of sp³-hybridized carbons (Fsp3) is 0.444. The molecule has 0 aliphatic heterocycles. The molecule has 0 radical (unpaired) electrons. The standard InChI is InChI=1S/C18H22N4O4/c1-3-21(10-17(23)24)13-8-12(9-13)20-15-7-11(2)19-18-14(15)5-4-6-16(18)22(25)26/h4-7,12-13H,3,8-10H2,1-2H3,(H,19,20)(H,23,24). The summed E-state index contributed by atoms with van der Waals surface area (Å²) in [6.07, 6.45) is 1.69. The van der Waals surface area contributed by atoms with Gasteiger partial charge in [-0.1, -0.05) is 19.1 Å². The minimum Gasteiger partial charge on any atom is -0.480 e. The molecule has 8 heteroatoms. The van der Waals surface area contributed by atoms with Gasteiger partial charge in [-0.25, -0.2) is 4.98 Å². The third kappa shape index (κ3) is 3.60. The number of rotatable bonds is 7. The number of pyridine rings is 1. The maximum Gasteiger partial charge on any atom is 0.317 e. The quantitative estimate of drug-likeness (QED) is 0.578. The highest BCUT2D eigenvalue weighted by Crippen LogP contribution is 2.34. The first-order valence-electron chi connectivity index (χ1n) is 8.66. The lowest BCUT2D eigenvalue weighted by Crippen LogP contribution is -2.51. The Bertz CT molecular complexity index is 848. The fourth-order valence-corrected chi connectivity index (χ4v) is 3.52. The van der Waals surface area contributed by atoms with Crippen LogP contribution in [0.5, 0.6) is 0 Å². The van der Waals surface area contributed by atoms with Gasteiger partial charge in [-0.15, -0.1) is 0 Å². The Morgan fingerprint density at radius 2 is 2.19 bits per heavy atom. The summed E-state index contributed by atoms with van der Waals surface area (Å²) in [4.78, 5) is 28.1. The molecular weight excluding hydrogens is 336 g/mol. The largest absolute Gasteiger partial charge is 0.480 e. The molecule has 2 aromatic rings. The molecule has 1 saturated carbocycles. The molecular formula is C18H22N4O4.